The second-order valence-corrected chi connectivity index (χ2v) is 6.63. The Morgan fingerprint density at radius 3 is 2.80 bits per heavy atom. The van der Waals surface area contributed by atoms with Crippen molar-refractivity contribution in [2.75, 3.05) is 7.11 Å². The smallest absolute Gasteiger partial charge is 0.387 e. The van der Waals surface area contributed by atoms with E-state index in [0.29, 0.717) is 16.1 Å². The number of rotatable bonds is 5. The normalized spacial score (nSPS) is 13.7. The number of hydrogen-bond acceptors (Lipinski definition) is 5. The highest BCUT2D eigenvalue weighted by Gasteiger charge is 2.20. The maximum absolute atomic E-state index is 12.4. The largest absolute Gasteiger partial charge is 0.493 e. The maximum atomic E-state index is 12.4. The molecule has 4 nitrogen and oxygen atoms in total. The highest BCUT2D eigenvalue weighted by molar-refractivity contribution is 7.16. The number of alkyl halides is 2. The summed E-state index contributed by atoms with van der Waals surface area (Å²) in [7, 11) is 1.38. The topological polar surface area (TPSA) is 54.6 Å². The lowest BCUT2D eigenvalue weighted by Crippen LogP contribution is -2.03. The number of halogens is 2. The number of aryl methyl sites for hydroxylation is 1. The Morgan fingerprint density at radius 2 is 2.08 bits per heavy atom. The van der Waals surface area contributed by atoms with E-state index in [-0.39, 0.29) is 11.5 Å². The lowest BCUT2D eigenvalue weighted by Gasteiger charge is -2.09. The summed E-state index contributed by atoms with van der Waals surface area (Å²) in [5, 5.41) is 10.1. The van der Waals surface area contributed by atoms with Crippen LogP contribution < -0.4 is 9.47 Å². The van der Waals surface area contributed by atoms with Crippen LogP contribution in [-0.4, -0.2) is 19.9 Å². The molecule has 2 aromatic rings. The zero-order valence-corrected chi connectivity index (χ0v) is 14.4. The molecule has 1 aliphatic rings. The molecule has 0 atom stereocenters. The standard InChI is InChI=1S/C18H16F2N2O2S/c1-23-15-8-11(6-7-14(15)24-18(19)20)10-22-17-13(9-21)12-4-2-3-5-16(12)25-17/h6-8,10,18H,2-5H2,1H3. The Kier molecular flexibility index (Phi) is 5.29. The van der Waals surface area contributed by atoms with Crippen LogP contribution in [0.3, 0.4) is 0 Å². The molecule has 0 unspecified atom stereocenters. The number of hydrogen-bond donors (Lipinski definition) is 0. The maximum Gasteiger partial charge on any atom is 0.387 e. The van der Waals surface area contributed by atoms with Crippen molar-refractivity contribution >= 4 is 22.6 Å². The third kappa shape index (κ3) is 3.80. The SMILES string of the molecule is COc1cc(C=Nc2sc3c(c2C#N)CCCC3)ccc1OC(F)F. The monoisotopic (exact) mass is 362 g/mol. The van der Waals surface area contributed by atoms with E-state index in [4.69, 9.17) is 4.74 Å². The van der Waals surface area contributed by atoms with Gasteiger partial charge in [-0.25, -0.2) is 4.99 Å². The number of methoxy groups -OCH3 is 1. The Hall–Kier alpha value is -2.46. The van der Waals surface area contributed by atoms with Gasteiger partial charge in [-0.2, -0.15) is 14.0 Å². The summed E-state index contributed by atoms with van der Waals surface area (Å²) < 4.78 is 34.2. The molecule has 7 heteroatoms. The van der Waals surface area contributed by atoms with Crippen LogP contribution in [0, 0.1) is 11.3 Å². The van der Waals surface area contributed by atoms with Gasteiger partial charge in [0.1, 0.15) is 11.1 Å². The lowest BCUT2D eigenvalue weighted by atomic mass is 9.96. The first-order chi connectivity index (χ1) is 12.1. The van der Waals surface area contributed by atoms with E-state index in [2.05, 4.69) is 15.8 Å². The van der Waals surface area contributed by atoms with Gasteiger partial charge in [0.25, 0.3) is 0 Å². The molecular weight excluding hydrogens is 346 g/mol. The molecule has 0 saturated heterocycles. The van der Waals surface area contributed by atoms with Gasteiger partial charge in [-0.15, -0.1) is 11.3 Å². The number of nitrogens with zero attached hydrogens (tertiary/aromatic N) is 2. The molecule has 0 radical (unpaired) electrons. The number of nitriles is 1. The van der Waals surface area contributed by atoms with Crippen LogP contribution >= 0.6 is 11.3 Å². The van der Waals surface area contributed by atoms with E-state index in [9.17, 15) is 14.0 Å². The Bertz CT molecular complexity index is 840. The Balaban J connectivity index is 1.87. The molecule has 25 heavy (non-hydrogen) atoms. The minimum atomic E-state index is -2.91. The van der Waals surface area contributed by atoms with Gasteiger partial charge < -0.3 is 9.47 Å². The fraction of sp³-hybridized carbons (Fsp3) is 0.333. The molecule has 0 bridgehead atoms. The first-order valence-electron chi connectivity index (χ1n) is 7.84. The molecule has 0 N–H and O–H groups in total. The Morgan fingerprint density at radius 1 is 1.28 bits per heavy atom. The van der Waals surface area contributed by atoms with Crippen molar-refractivity contribution < 1.29 is 18.3 Å². The zero-order chi connectivity index (χ0) is 17.8. The van der Waals surface area contributed by atoms with Gasteiger partial charge in [-0.05, 0) is 55.0 Å². The molecule has 0 saturated carbocycles. The number of ether oxygens (including phenoxy) is 2. The second-order valence-electron chi connectivity index (χ2n) is 5.55. The molecule has 0 amide bonds. The van der Waals surface area contributed by atoms with E-state index >= 15 is 0 Å². The fourth-order valence-electron chi connectivity index (χ4n) is 2.85. The average Bonchev–Trinajstić information content (AvgIpc) is 2.97. The van der Waals surface area contributed by atoms with Crippen LogP contribution in [0.15, 0.2) is 23.2 Å². The summed E-state index contributed by atoms with van der Waals surface area (Å²) >= 11 is 1.55. The van der Waals surface area contributed by atoms with Crippen LogP contribution in [-0.2, 0) is 12.8 Å². The highest BCUT2D eigenvalue weighted by atomic mass is 32.1. The minimum absolute atomic E-state index is 0.0287. The number of thiophene rings is 1. The highest BCUT2D eigenvalue weighted by Crippen LogP contribution is 2.39. The van der Waals surface area contributed by atoms with E-state index < -0.39 is 6.61 Å². The summed E-state index contributed by atoms with van der Waals surface area (Å²) in [4.78, 5) is 5.69. The molecule has 0 aliphatic heterocycles. The summed E-state index contributed by atoms with van der Waals surface area (Å²) in [6.07, 6.45) is 5.77. The van der Waals surface area contributed by atoms with Gasteiger partial charge in [0.05, 0.1) is 12.7 Å². The number of aliphatic imine (C=N–C) groups is 1. The van der Waals surface area contributed by atoms with Gasteiger partial charge in [0.2, 0.25) is 0 Å². The van der Waals surface area contributed by atoms with Gasteiger partial charge in [-0.3, -0.25) is 0 Å². The van der Waals surface area contributed by atoms with E-state index in [0.717, 1.165) is 31.2 Å². The van der Waals surface area contributed by atoms with Crippen molar-refractivity contribution in [2.45, 2.75) is 32.3 Å². The van der Waals surface area contributed by atoms with Crippen molar-refractivity contribution in [3.05, 3.63) is 39.8 Å². The average molecular weight is 362 g/mol. The molecule has 1 aromatic heterocycles. The van der Waals surface area contributed by atoms with Gasteiger partial charge >= 0.3 is 6.61 Å². The van der Waals surface area contributed by atoms with E-state index in [1.165, 1.54) is 18.1 Å². The quantitative estimate of drug-likeness (QED) is 0.714. The predicted octanol–water partition coefficient (Wildman–Crippen LogP) is 4.86. The van der Waals surface area contributed by atoms with Crippen LogP contribution in [0.1, 0.15) is 34.4 Å². The summed E-state index contributed by atoms with van der Waals surface area (Å²) in [5.41, 5.74) is 2.46. The molecule has 130 valence electrons. The number of fused-ring (bicyclic) bond motifs is 1. The minimum Gasteiger partial charge on any atom is -0.493 e. The van der Waals surface area contributed by atoms with Crippen molar-refractivity contribution in [3.63, 3.8) is 0 Å². The lowest BCUT2D eigenvalue weighted by molar-refractivity contribution is -0.0512. The third-order valence-electron chi connectivity index (χ3n) is 4.00. The second kappa shape index (κ2) is 7.62. The molecule has 1 aromatic carbocycles. The summed E-state index contributed by atoms with van der Waals surface area (Å²) in [5.74, 6) is 0.175. The van der Waals surface area contributed by atoms with Crippen molar-refractivity contribution in [2.24, 2.45) is 4.99 Å². The molecule has 1 aliphatic carbocycles. The van der Waals surface area contributed by atoms with Crippen molar-refractivity contribution in [1.29, 1.82) is 5.26 Å². The van der Waals surface area contributed by atoms with Gasteiger partial charge in [0.15, 0.2) is 11.5 Å². The number of benzene rings is 1. The van der Waals surface area contributed by atoms with E-state index in [1.807, 2.05) is 0 Å². The first kappa shape index (κ1) is 17.4. The van der Waals surface area contributed by atoms with Crippen LogP contribution in [0.4, 0.5) is 13.8 Å². The molecule has 1 heterocycles. The Labute approximate surface area is 148 Å². The fourth-order valence-corrected chi connectivity index (χ4v) is 4.03. The van der Waals surface area contributed by atoms with Gasteiger partial charge in [-0.1, -0.05) is 0 Å². The molecular formula is C18H16F2N2O2S. The van der Waals surface area contributed by atoms with E-state index in [1.54, 1.807) is 29.7 Å². The zero-order valence-electron chi connectivity index (χ0n) is 13.6. The van der Waals surface area contributed by atoms with Crippen molar-refractivity contribution in [3.8, 4) is 17.6 Å². The molecule has 0 fully saturated rings. The third-order valence-corrected chi connectivity index (χ3v) is 5.20. The predicted molar refractivity (Wildman–Crippen MR) is 92.6 cm³/mol. The van der Waals surface area contributed by atoms with Crippen molar-refractivity contribution in [1.82, 2.24) is 0 Å². The van der Waals surface area contributed by atoms with Crippen LogP contribution in [0.5, 0.6) is 11.5 Å². The van der Waals surface area contributed by atoms with Crippen LogP contribution in [0.2, 0.25) is 0 Å². The molecule has 0 spiro atoms. The van der Waals surface area contributed by atoms with Gasteiger partial charge in [0, 0.05) is 11.1 Å². The first-order valence-corrected chi connectivity index (χ1v) is 8.65. The molecule has 3 rings (SSSR count). The summed E-state index contributed by atoms with van der Waals surface area (Å²) in [6.45, 7) is -2.91. The van der Waals surface area contributed by atoms with Crippen LogP contribution in [0.25, 0.3) is 0 Å². The summed E-state index contributed by atoms with van der Waals surface area (Å²) in [6, 6.07) is 6.86.